The Morgan fingerprint density at radius 2 is 1.81 bits per heavy atom. The first kappa shape index (κ1) is 25.5. The third-order valence-corrected chi connectivity index (χ3v) is 7.12. The van der Waals surface area contributed by atoms with Crippen LogP contribution in [-0.2, 0) is 16.4 Å². The van der Waals surface area contributed by atoms with Gasteiger partial charge in [-0.25, -0.2) is 8.42 Å². The maximum Gasteiger partial charge on any atom is 0.243 e. The van der Waals surface area contributed by atoms with Gasteiger partial charge in [-0.15, -0.1) is 24.0 Å². The van der Waals surface area contributed by atoms with E-state index in [1.165, 1.54) is 0 Å². The lowest BCUT2D eigenvalue weighted by Gasteiger charge is -2.30. The zero-order chi connectivity index (χ0) is 21.2. The summed E-state index contributed by atoms with van der Waals surface area (Å²) in [6.07, 6.45) is 4.28. The maximum atomic E-state index is 12.8. The van der Waals surface area contributed by atoms with Gasteiger partial charge in [0.1, 0.15) is 0 Å². The second-order valence-corrected chi connectivity index (χ2v) is 9.32. The Morgan fingerprint density at radius 3 is 2.45 bits per heavy atom. The average molecular weight is 558 g/mol. The maximum absolute atomic E-state index is 12.8. The highest BCUT2D eigenvalue weighted by Crippen LogP contribution is 2.23. The van der Waals surface area contributed by atoms with Crippen molar-refractivity contribution in [1.29, 1.82) is 0 Å². The van der Waals surface area contributed by atoms with Crippen LogP contribution in [0.15, 0.2) is 64.6 Å². The zero-order valence-corrected chi connectivity index (χ0v) is 21.1. The minimum Gasteiger partial charge on any atom is -0.357 e. The van der Waals surface area contributed by atoms with Crippen molar-refractivity contribution in [3.8, 4) is 0 Å². The quantitative estimate of drug-likeness (QED) is 0.296. The number of hydrogen-bond donors (Lipinski definition) is 2. The van der Waals surface area contributed by atoms with Gasteiger partial charge in [0, 0.05) is 51.0 Å². The molecule has 0 atom stereocenters. The Hall–Kier alpha value is -1.72. The minimum absolute atomic E-state index is 0. The van der Waals surface area contributed by atoms with Crippen LogP contribution in [0.4, 0.5) is 0 Å². The average Bonchev–Trinajstić information content (AvgIpc) is 2.79. The molecule has 0 spiro atoms. The predicted molar refractivity (Wildman–Crippen MR) is 135 cm³/mol. The summed E-state index contributed by atoms with van der Waals surface area (Å²) in [5.74, 6) is 1.19. The van der Waals surface area contributed by atoms with Gasteiger partial charge in [-0.1, -0.05) is 24.3 Å². The molecule has 0 aliphatic carbocycles. The number of hydrogen-bond acceptors (Lipinski definition) is 4. The van der Waals surface area contributed by atoms with E-state index >= 15 is 0 Å². The van der Waals surface area contributed by atoms with Crippen LogP contribution in [0.1, 0.15) is 25.5 Å². The number of aliphatic imine (C=N–C) groups is 1. The van der Waals surface area contributed by atoms with Crippen molar-refractivity contribution in [2.45, 2.75) is 31.1 Å². The van der Waals surface area contributed by atoms with Gasteiger partial charge in [-0.05, 0) is 49.9 Å². The number of sulfonamides is 1. The fourth-order valence-electron chi connectivity index (χ4n) is 3.49. The molecule has 0 unspecified atom stereocenters. The Balaban J connectivity index is 0.00000341. The SMILES string of the molecule is CCNC(=NCC1CCN(S(=O)(=O)c2ccccc2)CC1)NCCc1ccccn1.I. The molecule has 1 saturated heterocycles. The van der Waals surface area contributed by atoms with Crippen LogP contribution in [0.25, 0.3) is 0 Å². The molecule has 170 valence electrons. The molecule has 2 aromatic rings. The monoisotopic (exact) mass is 557 g/mol. The smallest absolute Gasteiger partial charge is 0.243 e. The molecule has 1 aromatic carbocycles. The lowest BCUT2D eigenvalue weighted by atomic mass is 9.98. The molecule has 0 saturated carbocycles. The van der Waals surface area contributed by atoms with Crippen molar-refractivity contribution >= 4 is 40.0 Å². The van der Waals surface area contributed by atoms with Crippen molar-refractivity contribution in [2.75, 3.05) is 32.7 Å². The zero-order valence-electron chi connectivity index (χ0n) is 17.9. The summed E-state index contributed by atoms with van der Waals surface area (Å²) < 4.78 is 27.1. The molecule has 1 aliphatic heterocycles. The molecule has 1 aromatic heterocycles. The Kier molecular flexibility index (Phi) is 10.7. The summed E-state index contributed by atoms with van der Waals surface area (Å²) in [5, 5.41) is 6.63. The standard InChI is InChI=1S/C22H31N5O2S.HI/c1-2-23-22(25-15-11-20-8-6-7-14-24-20)26-18-19-12-16-27(17-13-19)30(28,29)21-9-4-3-5-10-21;/h3-10,14,19H,2,11-13,15-18H2,1H3,(H2,23,25,26);1H. The number of pyridine rings is 1. The number of halogens is 1. The molecule has 2 heterocycles. The van der Waals surface area contributed by atoms with Crippen molar-refractivity contribution in [2.24, 2.45) is 10.9 Å². The second-order valence-electron chi connectivity index (χ2n) is 7.38. The molecule has 31 heavy (non-hydrogen) atoms. The molecular weight excluding hydrogens is 525 g/mol. The van der Waals surface area contributed by atoms with E-state index in [1.54, 1.807) is 34.8 Å². The van der Waals surface area contributed by atoms with E-state index in [2.05, 4.69) is 15.6 Å². The summed E-state index contributed by atoms with van der Waals surface area (Å²) in [6, 6.07) is 14.6. The molecule has 9 heteroatoms. The Morgan fingerprint density at radius 1 is 1.10 bits per heavy atom. The molecule has 3 rings (SSSR count). The molecule has 1 fully saturated rings. The van der Waals surface area contributed by atoms with Crippen LogP contribution in [0.3, 0.4) is 0 Å². The molecule has 2 N–H and O–H groups in total. The normalized spacial score (nSPS) is 15.8. The Labute approximate surface area is 202 Å². The third kappa shape index (κ3) is 7.73. The van der Waals surface area contributed by atoms with Crippen LogP contribution >= 0.6 is 24.0 Å². The number of piperidine rings is 1. The van der Waals surface area contributed by atoms with Gasteiger partial charge in [0.25, 0.3) is 0 Å². The summed E-state index contributed by atoms with van der Waals surface area (Å²) in [6.45, 7) is 5.38. The molecule has 7 nitrogen and oxygen atoms in total. The van der Waals surface area contributed by atoms with Gasteiger partial charge in [0.15, 0.2) is 5.96 Å². The highest BCUT2D eigenvalue weighted by molar-refractivity contribution is 14.0. The number of rotatable bonds is 8. The molecular formula is C22H32IN5O2S. The second kappa shape index (κ2) is 13.0. The van der Waals surface area contributed by atoms with Gasteiger partial charge in [0.05, 0.1) is 4.90 Å². The number of aromatic nitrogens is 1. The minimum atomic E-state index is -3.40. The molecule has 0 radical (unpaired) electrons. The van der Waals surface area contributed by atoms with E-state index in [1.807, 2.05) is 31.2 Å². The summed E-state index contributed by atoms with van der Waals surface area (Å²) in [4.78, 5) is 9.42. The van der Waals surface area contributed by atoms with Gasteiger partial charge >= 0.3 is 0 Å². The van der Waals surface area contributed by atoms with Crippen LogP contribution in [0.2, 0.25) is 0 Å². The predicted octanol–water partition coefficient (Wildman–Crippen LogP) is 2.90. The Bertz CT molecular complexity index is 902. The lowest BCUT2D eigenvalue weighted by Crippen LogP contribution is -2.40. The van der Waals surface area contributed by atoms with Crippen LogP contribution < -0.4 is 10.6 Å². The van der Waals surface area contributed by atoms with Gasteiger partial charge in [0.2, 0.25) is 10.0 Å². The summed E-state index contributed by atoms with van der Waals surface area (Å²) >= 11 is 0. The first-order valence-electron chi connectivity index (χ1n) is 10.6. The first-order valence-corrected chi connectivity index (χ1v) is 12.0. The fourth-order valence-corrected chi connectivity index (χ4v) is 4.98. The van der Waals surface area contributed by atoms with Crippen LogP contribution in [0, 0.1) is 5.92 Å². The van der Waals surface area contributed by atoms with Crippen molar-refractivity contribution in [3.05, 3.63) is 60.4 Å². The number of nitrogens with zero attached hydrogens (tertiary/aromatic N) is 3. The third-order valence-electron chi connectivity index (χ3n) is 5.21. The highest BCUT2D eigenvalue weighted by atomic mass is 127. The van der Waals surface area contributed by atoms with Gasteiger partial charge in [-0.3, -0.25) is 9.98 Å². The topological polar surface area (TPSA) is 86.7 Å². The van der Waals surface area contributed by atoms with E-state index in [0.29, 0.717) is 30.4 Å². The van der Waals surface area contributed by atoms with E-state index in [0.717, 1.165) is 44.0 Å². The fraction of sp³-hybridized carbons (Fsp3) is 0.455. The van der Waals surface area contributed by atoms with E-state index in [4.69, 9.17) is 4.99 Å². The number of benzene rings is 1. The van der Waals surface area contributed by atoms with E-state index < -0.39 is 10.0 Å². The molecule has 0 bridgehead atoms. The van der Waals surface area contributed by atoms with Gasteiger partial charge in [-0.2, -0.15) is 4.31 Å². The van der Waals surface area contributed by atoms with Crippen LogP contribution in [-0.4, -0.2) is 56.4 Å². The largest absolute Gasteiger partial charge is 0.357 e. The summed E-state index contributed by atoms with van der Waals surface area (Å²) in [5.41, 5.74) is 1.05. The summed E-state index contributed by atoms with van der Waals surface area (Å²) in [7, 11) is -3.40. The first-order chi connectivity index (χ1) is 14.6. The van der Waals surface area contributed by atoms with Crippen molar-refractivity contribution in [1.82, 2.24) is 19.9 Å². The molecule has 1 aliphatic rings. The number of nitrogens with one attached hydrogen (secondary N) is 2. The van der Waals surface area contributed by atoms with Crippen LogP contribution in [0.5, 0.6) is 0 Å². The number of guanidine groups is 1. The highest BCUT2D eigenvalue weighted by Gasteiger charge is 2.29. The van der Waals surface area contributed by atoms with E-state index in [-0.39, 0.29) is 24.0 Å². The van der Waals surface area contributed by atoms with Crippen molar-refractivity contribution < 1.29 is 8.42 Å². The lowest BCUT2D eigenvalue weighted by molar-refractivity contribution is 0.278. The van der Waals surface area contributed by atoms with Crippen molar-refractivity contribution in [3.63, 3.8) is 0 Å². The molecule has 0 amide bonds. The van der Waals surface area contributed by atoms with E-state index in [9.17, 15) is 8.42 Å². The van der Waals surface area contributed by atoms with Gasteiger partial charge < -0.3 is 10.6 Å².